The number of carbonyl (C=O) groups is 3. The van der Waals surface area contributed by atoms with Crippen LogP contribution in [0.1, 0.15) is 81.0 Å². The molecule has 15 atom stereocenters. The summed E-state index contributed by atoms with van der Waals surface area (Å²) in [6.07, 6.45) is -17.5. The Labute approximate surface area is 458 Å². The summed E-state index contributed by atoms with van der Waals surface area (Å²) in [5, 5.41) is 160. The van der Waals surface area contributed by atoms with Crippen molar-refractivity contribution in [2.24, 2.45) is 0 Å². The molecule has 0 saturated heterocycles. The van der Waals surface area contributed by atoms with E-state index in [1.165, 1.54) is 14.2 Å². The first-order chi connectivity index (χ1) is 37.6. The van der Waals surface area contributed by atoms with Crippen LogP contribution in [0.3, 0.4) is 0 Å². The number of unbranched alkanes of at least 4 members (excludes halogenated alkanes) is 3. The van der Waals surface area contributed by atoms with Crippen molar-refractivity contribution in [1.29, 1.82) is 0 Å². The minimum Gasteiger partial charge on any atom is -0.469 e. The van der Waals surface area contributed by atoms with Crippen molar-refractivity contribution in [2.45, 2.75) is 163 Å². The minimum atomic E-state index is -1.89. The summed E-state index contributed by atoms with van der Waals surface area (Å²) in [7, 11) is 4.55. The van der Waals surface area contributed by atoms with Crippen LogP contribution in [0.4, 0.5) is 5.69 Å². The van der Waals surface area contributed by atoms with Crippen LogP contribution in [-0.4, -0.2) is 255 Å². The number of esters is 1. The van der Waals surface area contributed by atoms with Gasteiger partial charge in [-0.2, -0.15) is 0 Å². The van der Waals surface area contributed by atoms with Gasteiger partial charge in [0.2, 0.25) is 11.8 Å². The number of aliphatic hydroxyl groups excluding tert-OH is 14. The second-order valence-corrected chi connectivity index (χ2v) is 20.0. The normalized spacial score (nSPS) is 20.0. The number of methoxy groups -OCH3 is 1. The molecule has 2 amide bonds. The summed E-state index contributed by atoms with van der Waals surface area (Å²) in [6, 6.07) is 10.4. The van der Waals surface area contributed by atoms with Crippen molar-refractivity contribution < 1.29 is 90.6 Å². The molecular formula is C51H86N10O18. The first-order valence-corrected chi connectivity index (χ1v) is 26.6. The van der Waals surface area contributed by atoms with E-state index in [4.69, 9.17) is 14.9 Å². The first-order valence-electron chi connectivity index (χ1n) is 26.6. The lowest BCUT2D eigenvalue weighted by Crippen LogP contribution is -2.55. The van der Waals surface area contributed by atoms with Gasteiger partial charge in [0, 0.05) is 50.9 Å². The number of aromatic amines is 1. The third-order valence-electron chi connectivity index (χ3n) is 14.0. The van der Waals surface area contributed by atoms with Crippen molar-refractivity contribution in [2.75, 3.05) is 65.9 Å². The van der Waals surface area contributed by atoms with Gasteiger partial charge in [-0.25, -0.2) is 4.98 Å². The molecule has 0 saturated carbocycles. The van der Waals surface area contributed by atoms with Crippen LogP contribution in [0.5, 0.6) is 0 Å². The number of aliphatic hydroxyl groups is 14. The van der Waals surface area contributed by atoms with E-state index in [-0.39, 0.29) is 45.2 Å². The molecular weight excluding hydrogens is 1040 g/mol. The van der Waals surface area contributed by atoms with E-state index in [0.717, 1.165) is 16.6 Å². The van der Waals surface area contributed by atoms with Gasteiger partial charge < -0.3 is 102 Å². The number of para-hydroxylation sites is 2. The van der Waals surface area contributed by atoms with Crippen LogP contribution in [0.25, 0.3) is 11.0 Å². The maximum atomic E-state index is 13.7. The molecule has 28 heteroatoms. The fourth-order valence-corrected chi connectivity index (χ4v) is 9.02. The van der Waals surface area contributed by atoms with Gasteiger partial charge in [-0.05, 0) is 81.6 Å². The van der Waals surface area contributed by atoms with Crippen molar-refractivity contribution >= 4 is 34.5 Å². The average molecular weight is 1130 g/mol. The highest BCUT2D eigenvalue weighted by atomic mass is 16.5. The Bertz CT molecular complexity index is 2240. The van der Waals surface area contributed by atoms with Crippen molar-refractivity contribution in [3.05, 3.63) is 59.4 Å². The van der Waals surface area contributed by atoms with Crippen molar-refractivity contribution in [3.8, 4) is 0 Å². The van der Waals surface area contributed by atoms with E-state index < -0.39 is 136 Å². The first kappa shape index (κ1) is 66.9. The number of amides is 2. The molecule has 4 rings (SSSR count). The number of nitrogens with zero attached hydrogens (tertiary/aromatic N) is 3. The Morgan fingerprint density at radius 1 is 0.810 bits per heavy atom. The molecule has 448 valence electrons. The van der Waals surface area contributed by atoms with Crippen LogP contribution in [0.15, 0.2) is 42.5 Å². The Kier molecular flexibility index (Phi) is 28.7. The number of benzene rings is 2. The summed E-state index contributed by atoms with van der Waals surface area (Å²) in [4.78, 5) is 50.3. The Morgan fingerprint density at radius 3 is 2.10 bits per heavy atom. The number of hydrogen-bond donors (Lipinski definition) is 21. The molecule has 79 heavy (non-hydrogen) atoms. The van der Waals surface area contributed by atoms with Crippen LogP contribution in [0.2, 0.25) is 0 Å². The third kappa shape index (κ3) is 21.0. The fourth-order valence-electron chi connectivity index (χ4n) is 9.02. The highest BCUT2D eigenvalue weighted by Gasteiger charge is 2.35. The molecule has 1 aliphatic heterocycles. The van der Waals surface area contributed by atoms with Crippen LogP contribution < -0.4 is 31.9 Å². The van der Waals surface area contributed by atoms with Gasteiger partial charge in [-0.1, -0.05) is 31.0 Å². The number of likely N-dealkylation sites (N-methyl/N-ethyl adjacent to an activating group) is 1. The quantitative estimate of drug-likeness (QED) is 0.0145. The number of anilines is 1. The standard InChI is InChI=1S/C51H86N10O18/c1-52-33(14-16-41(68)54-22-36(64)44(71)46(73)38(66)26-62)49(76)59-34(15-17-42(69)55-23-37(65)45(72)47(74)39(67)27-63)48(75)53-18-8-4-5-9-19-61-24-29-20-28(12-13-30(29)56-35(51(61)78)21-43(70)79-3)50(77)60(2)25-40-57-31-10-6-7-11-32(31)58-40/h6-7,10-13,20,33-39,42,44-47,49-52,55-56,59,62-67,69,71-74,76-78H,4-5,8-9,14-19,21-27H2,1-3H3,(H,53,75)(H,54,68)(H,57,58)/t33-,34-,35?,36-,37+,38+,39-,42+,44-,45+,46+,47-,49+,50+,51+/m0/s1. The van der Waals surface area contributed by atoms with Crippen LogP contribution in [0, 0.1) is 0 Å². The van der Waals surface area contributed by atoms with Crippen LogP contribution in [-0.2, 0) is 32.2 Å². The molecule has 0 radical (unpaired) electrons. The second kappa shape index (κ2) is 34.0. The van der Waals surface area contributed by atoms with Gasteiger partial charge in [0.05, 0.1) is 68.6 Å². The van der Waals surface area contributed by atoms with Gasteiger partial charge in [-0.15, -0.1) is 0 Å². The molecule has 1 unspecified atom stereocenters. The van der Waals surface area contributed by atoms with Gasteiger partial charge in [0.15, 0.2) is 0 Å². The Balaban J connectivity index is 1.34. The number of carbonyl (C=O) groups excluding carboxylic acids is 3. The topological polar surface area (TPSA) is 451 Å². The largest absolute Gasteiger partial charge is 0.469 e. The number of aromatic nitrogens is 2. The summed E-state index contributed by atoms with van der Waals surface area (Å²) in [5.41, 5.74) is 3.80. The molecule has 0 aliphatic carbocycles. The molecule has 0 spiro atoms. The summed E-state index contributed by atoms with van der Waals surface area (Å²) >= 11 is 0. The zero-order valence-electron chi connectivity index (χ0n) is 45.0. The highest BCUT2D eigenvalue weighted by Crippen LogP contribution is 2.31. The molecule has 0 bridgehead atoms. The van der Waals surface area contributed by atoms with E-state index in [9.17, 15) is 75.7 Å². The lowest BCUT2D eigenvalue weighted by Gasteiger charge is -2.30. The van der Waals surface area contributed by atoms with E-state index in [1.807, 2.05) is 41.3 Å². The fraction of sp³-hybridized carbons (Fsp3) is 0.686. The number of rotatable bonds is 37. The van der Waals surface area contributed by atoms with E-state index in [1.54, 1.807) is 18.0 Å². The second-order valence-electron chi connectivity index (χ2n) is 20.0. The highest BCUT2D eigenvalue weighted by molar-refractivity contribution is 5.81. The SMILES string of the molecule is CN[C@@H](CCC(=O)NC[C@H](O)[C@H](O)[C@H](O)[C@H](O)CO)[C@@H](O)N[C@@H](CC[C@@H](O)NC[C@@H](O)[C@@H](O)[C@@H](O)[C@@H](O)CO)C(=O)NCCCCCCN1Cc2cc([C@@H](O)N(C)Cc3nc4ccccc4[nH]3)ccc2NC(CC(=O)OC)[C@H]1O. The van der Waals surface area contributed by atoms with Crippen molar-refractivity contribution in [3.63, 3.8) is 0 Å². The summed E-state index contributed by atoms with van der Waals surface area (Å²) < 4.78 is 4.93. The Hall–Kier alpha value is -4.64. The molecule has 0 fully saturated rings. The molecule has 2 aromatic carbocycles. The molecule has 21 N–H and O–H groups in total. The minimum absolute atomic E-state index is 0.0209. The third-order valence-corrected chi connectivity index (χ3v) is 14.0. The predicted molar refractivity (Wildman–Crippen MR) is 284 cm³/mol. The summed E-state index contributed by atoms with van der Waals surface area (Å²) in [6.45, 7) is -1.51. The lowest BCUT2D eigenvalue weighted by atomic mass is 10.0. The lowest BCUT2D eigenvalue weighted by molar-refractivity contribution is -0.142. The molecule has 1 aliphatic rings. The summed E-state index contributed by atoms with van der Waals surface area (Å²) in [5.74, 6) is -1.00. The maximum Gasteiger partial charge on any atom is 0.307 e. The van der Waals surface area contributed by atoms with E-state index in [2.05, 4.69) is 41.9 Å². The van der Waals surface area contributed by atoms with Gasteiger partial charge in [0.25, 0.3) is 0 Å². The number of nitrogens with one attached hydrogen (secondary N) is 7. The number of ether oxygens (including phenoxy) is 1. The zero-order valence-corrected chi connectivity index (χ0v) is 45.0. The monoisotopic (exact) mass is 1130 g/mol. The van der Waals surface area contributed by atoms with Crippen LogP contribution >= 0.6 is 0 Å². The number of hydrogen-bond acceptors (Lipinski definition) is 25. The number of H-pyrrole nitrogens is 1. The maximum absolute atomic E-state index is 13.7. The zero-order chi connectivity index (χ0) is 58.3. The molecule has 3 aromatic rings. The number of imidazole rings is 1. The molecule has 1 aromatic heterocycles. The van der Waals surface area contributed by atoms with Gasteiger partial charge in [-0.3, -0.25) is 34.8 Å². The van der Waals surface area contributed by atoms with Gasteiger partial charge in [0.1, 0.15) is 67.4 Å². The molecule has 28 nitrogen and oxygen atoms in total. The van der Waals surface area contributed by atoms with Gasteiger partial charge >= 0.3 is 5.97 Å². The smallest absolute Gasteiger partial charge is 0.307 e. The number of fused-ring (bicyclic) bond motifs is 2. The van der Waals surface area contributed by atoms with E-state index >= 15 is 0 Å². The predicted octanol–water partition coefficient (Wildman–Crippen LogP) is -5.84. The van der Waals surface area contributed by atoms with Crippen molar-refractivity contribution in [1.82, 2.24) is 46.4 Å². The average Bonchev–Trinajstić information content (AvgIpc) is 3.88. The Morgan fingerprint density at radius 2 is 1.46 bits per heavy atom. The van der Waals surface area contributed by atoms with E-state index in [0.29, 0.717) is 55.8 Å². The molecule has 2 heterocycles.